The van der Waals surface area contributed by atoms with Gasteiger partial charge in [-0.2, -0.15) is 0 Å². The van der Waals surface area contributed by atoms with Gasteiger partial charge in [0.2, 0.25) is 5.91 Å². The maximum Gasteiger partial charge on any atom is 0.325 e. The molecule has 5 nitrogen and oxygen atoms in total. The molecule has 112 valence electrons. The lowest BCUT2D eigenvalue weighted by Crippen LogP contribution is -2.40. The lowest BCUT2D eigenvalue weighted by molar-refractivity contribution is -0.121. The highest BCUT2D eigenvalue weighted by Gasteiger charge is 2.31. The minimum absolute atomic E-state index is 0.0765. The van der Waals surface area contributed by atoms with Crippen LogP contribution in [0, 0.1) is 11.6 Å². The number of rotatable bonds is 5. The van der Waals surface area contributed by atoms with Crippen LogP contribution in [0.2, 0.25) is 0 Å². The number of hydrogen-bond acceptors (Lipinski definition) is 2. The predicted molar refractivity (Wildman–Crippen MR) is 73.9 cm³/mol. The standard InChI is InChI=1S/C14H15F2N3O2/c1-2-5-17-13(20)9-18-6-7-19(14(18)21)10-3-4-11(15)12(16)8-10/h2-4,8H,1,5-7,9H2,(H,17,20). The fourth-order valence-electron chi connectivity index (χ4n) is 2.04. The Kier molecular flexibility index (Phi) is 4.52. The van der Waals surface area contributed by atoms with Gasteiger partial charge in [-0.25, -0.2) is 13.6 Å². The molecule has 1 heterocycles. The molecule has 1 aromatic rings. The fraction of sp³-hybridized carbons (Fsp3) is 0.286. The Hall–Kier alpha value is -2.44. The predicted octanol–water partition coefficient (Wildman–Crippen LogP) is 1.51. The molecule has 1 aliphatic rings. The fourth-order valence-corrected chi connectivity index (χ4v) is 2.04. The first-order valence-electron chi connectivity index (χ1n) is 6.42. The number of halogens is 2. The molecule has 1 aromatic carbocycles. The summed E-state index contributed by atoms with van der Waals surface area (Å²) in [7, 11) is 0. The number of benzene rings is 1. The van der Waals surface area contributed by atoms with Crippen LogP contribution in [0.3, 0.4) is 0 Å². The van der Waals surface area contributed by atoms with Crippen LogP contribution in [-0.4, -0.2) is 43.0 Å². The van der Waals surface area contributed by atoms with Crippen molar-refractivity contribution in [3.63, 3.8) is 0 Å². The Morgan fingerprint density at radius 2 is 2.10 bits per heavy atom. The van der Waals surface area contributed by atoms with Crippen molar-refractivity contribution < 1.29 is 18.4 Å². The summed E-state index contributed by atoms with van der Waals surface area (Å²) in [4.78, 5) is 26.4. The third-order valence-corrected chi connectivity index (χ3v) is 3.09. The minimum Gasteiger partial charge on any atom is -0.351 e. The number of nitrogens with zero attached hydrogens (tertiary/aromatic N) is 2. The van der Waals surface area contributed by atoms with Gasteiger partial charge in [-0.3, -0.25) is 9.69 Å². The highest BCUT2D eigenvalue weighted by molar-refractivity contribution is 5.96. The molecule has 0 radical (unpaired) electrons. The van der Waals surface area contributed by atoms with Gasteiger partial charge in [0.05, 0.1) is 0 Å². The van der Waals surface area contributed by atoms with E-state index in [9.17, 15) is 18.4 Å². The van der Waals surface area contributed by atoms with Crippen molar-refractivity contribution >= 4 is 17.6 Å². The summed E-state index contributed by atoms with van der Waals surface area (Å²) in [5.74, 6) is -2.27. The van der Waals surface area contributed by atoms with Crippen molar-refractivity contribution in [1.82, 2.24) is 10.2 Å². The van der Waals surface area contributed by atoms with Crippen LogP contribution in [0.5, 0.6) is 0 Å². The van der Waals surface area contributed by atoms with Crippen molar-refractivity contribution in [3.8, 4) is 0 Å². The Labute approximate surface area is 120 Å². The average molecular weight is 295 g/mol. The molecule has 1 saturated heterocycles. The van der Waals surface area contributed by atoms with Crippen molar-refractivity contribution in [3.05, 3.63) is 42.5 Å². The second-order valence-corrected chi connectivity index (χ2v) is 4.55. The number of carbonyl (C=O) groups excluding carboxylic acids is 2. The third kappa shape index (κ3) is 3.36. The number of amides is 3. The summed E-state index contributed by atoms with van der Waals surface area (Å²) >= 11 is 0. The molecule has 1 fully saturated rings. The van der Waals surface area contributed by atoms with Crippen molar-refractivity contribution in [2.45, 2.75) is 0 Å². The van der Waals surface area contributed by atoms with Crippen LogP contribution < -0.4 is 10.2 Å². The van der Waals surface area contributed by atoms with E-state index in [1.54, 1.807) is 0 Å². The molecule has 2 rings (SSSR count). The molecule has 0 atom stereocenters. The summed E-state index contributed by atoms with van der Waals surface area (Å²) in [5, 5.41) is 2.57. The lowest BCUT2D eigenvalue weighted by Gasteiger charge is -2.18. The number of anilines is 1. The zero-order valence-electron chi connectivity index (χ0n) is 11.3. The van der Waals surface area contributed by atoms with E-state index in [1.807, 2.05) is 0 Å². The van der Waals surface area contributed by atoms with E-state index >= 15 is 0 Å². The molecule has 0 unspecified atom stereocenters. The number of carbonyl (C=O) groups is 2. The highest BCUT2D eigenvalue weighted by Crippen LogP contribution is 2.22. The van der Waals surface area contributed by atoms with E-state index in [1.165, 1.54) is 21.9 Å². The summed E-state index contributed by atoms with van der Waals surface area (Å²) in [5.41, 5.74) is 0.271. The first-order valence-corrected chi connectivity index (χ1v) is 6.42. The smallest absolute Gasteiger partial charge is 0.325 e. The minimum atomic E-state index is -1.01. The molecule has 0 aromatic heterocycles. The van der Waals surface area contributed by atoms with E-state index in [2.05, 4.69) is 11.9 Å². The Morgan fingerprint density at radius 1 is 1.33 bits per heavy atom. The van der Waals surface area contributed by atoms with Crippen molar-refractivity contribution in [1.29, 1.82) is 0 Å². The SMILES string of the molecule is C=CCNC(=O)CN1CCN(c2ccc(F)c(F)c2)C1=O. The highest BCUT2D eigenvalue weighted by atomic mass is 19.2. The summed E-state index contributed by atoms with van der Waals surface area (Å²) < 4.78 is 26.1. The van der Waals surface area contributed by atoms with Crippen LogP contribution >= 0.6 is 0 Å². The van der Waals surface area contributed by atoms with Gasteiger partial charge in [0.25, 0.3) is 0 Å². The number of nitrogens with one attached hydrogen (secondary N) is 1. The summed E-state index contributed by atoms with van der Waals surface area (Å²) in [6.07, 6.45) is 1.54. The number of urea groups is 1. The van der Waals surface area contributed by atoms with Gasteiger partial charge in [0.1, 0.15) is 6.54 Å². The molecule has 0 spiro atoms. The maximum atomic E-state index is 13.2. The lowest BCUT2D eigenvalue weighted by atomic mass is 10.3. The molecule has 1 N–H and O–H groups in total. The van der Waals surface area contributed by atoms with Gasteiger partial charge in [-0.15, -0.1) is 6.58 Å². The largest absolute Gasteiger partial charge is 0.351 e. The zero-order valence-corrected chi connectivity index (χ0v) is 11.3. The third-order valence-electron chi connectivity index (χ3n) is 3.09. The van der Waals surface area contributed by atoms with Gasteiger partial charge >= 0.3 is 6.03 Å². The quantitative estimate of drug-likeness (QED) is 0.837. The molecule has 0 aliphatic carbocycles. The molecular weight excluding hydrogens is 280 g/mol. The summed E-state index contributed by atoms with van der Waals surface area (Å²) in [6.45, 7) is 4.39. The van der Waals surface area contributed by atoms with E-state index in [-0.39, 0.29) is 18.1 Å². The van der Waals surface area contributed by atoms with Gasteiger partial charge in [0, 0.05) is 31.4 Å². The van der Waals surface area contributed by atoms with Crippen LogP contribution in [0.1, 0.15) is 0 Å². The van der Waals surface area contributed by atoms with Crippen molar-refractivity contribution in [2.75, 3.05) is 31.1 Å². The van der Waals surface area contributed by atoms with Crippen LogP contribution in [0.15, 0.2) is 30.9 Å². The maximum absolute atomic E-state index is 13.2. The van der Waals surface area contributed by atoms with Gasteiger partial charge in [-0.1, -0.05) is 6.08 Å². The molecule has 0 bridgehead atoms. The summed E-state index contributed by atoms with van der Waals surface area (Å²) in [6, 6.07) is 2.86. The molecule has 7 heteroatoms. The van der Waals surface area contributed by atoms with Crippen molar-refractivity contribution in [2.24, 2.45) is 0 Å². The van der Waals surface area contributed by atoms with Crippen LogP contribution in [0.25, 0.3) is 0 Å². The molecular formula is C14H15F2N3O2. The first-order chi connectivity index (χ1) is 10.0. The first kappa shape index (κ1) is 15.0. The van der Waals surface area contributed by atoms with E-state index in [0.717, 1.165) is 12.1 Å². The van der Waals surface area contributed by atoms with Gasteiger partial charge in [-0.05, 0) is 12.1 Å². The molecule has 21 heavy (non-hydrogen) atoms. The molecule has 1 aliphatic heterocycles. The topological polar surface area (TPSA) is 52.7 Å². The second kappa shape index (κ2) is 6.34. The normalized spacial score (nSPS) is 14.5. The monoisotopic (exact) mass is 295 g/mol. The number of hydrogen-bond donors (Lipinski definition) is 1. The van der Waals surface area contributed by atoms with Gasteiger partial charge in [0.15, 0.2) is 11.6 Å². The zero-order chi connectivity index (χ0) is 15.4. The van der Waals surface area contributed by atoms with Crippen LogP contribution in [-0.2, 0) is 4.79 Å². The van der Waals surface area contributed by atoms with Gasteiger partial charge < -0.3 is 10.2 Å². The Bertz CT molecular complexity index is 577. The average Bonchev–Trinajstić information content (AvgIpc) is 2.81. The molecule has 3 amide bonds. The Balaban J connectivity index is 2.02. The van der Waals surface area contributed by atoms with E-state index in [4.69, 9.17) is 0 Å². The second-order valence-electron chi connectivity index (χ2n) is 4.55. The van der Waals surface area contributed by atoms with Crippen LogP contribution in [0.4, 0.5) is 19.3 Å². The van der Waals surface area contributed by atoms with E-state index < -0.39 is 17.7 Å². The van der Waals surface area contributed by atoms with E-state index in [0.29, 0.717) is 19.6 Å². The Morgan fingerprint density at radius 3 is 2.76 bits per heavy atom. The molecule has 0 saturated carbocycles.